The molecule has 0 N–H and O–H groups in total. The summed E-state index contributed by atoms with van der Waals surface area (Å²) in [5, 5.41) is 11.0. The van der Waals surface area contributed by atoms with Crippen molar-refractivity contribution in [1.29, 1.82) is 0 Å². The SMILES string of the molecule is CCCCCOC(=O)c1cc(=O)c2cccc([N+](=O)[O-])c2o1. The van der Waals surface area contributed by atoms with Gasteiger partial charge in [0.15, 0.2) is 5.43 Å². The molecule has 0 aliphatic heterocycles. The van der Waals surface area contributed by atoms with Crippen molar-refractivity contribution in [3.05, 3.63) is 50.4 Å². The van der Waals surface area contributed by atoms with Crippen LogP contribution < -0.4 is 5.43 Å². The summed E-state index contributed by atoms with van der Waals surface area (Å²) in [5.74, 6) is -1.13. The molecule has 2 rings (SSSR count). The molecule has 1 aromatic heterocycles. The average Bonchev–Trinajstić information content (AvgIpc) is 2.50. The van der Waals surface area contributed by atoms with Crippen molar-refractivity contribution in [2.45, 2.75) is 26.2 Å². The molecule has 0 atom stereocenters. The van der Waals surface area contributed by atoms with Crippen LogP contribution in [-0.2, 0) is 4.74 Å². The van der Waals surface area contributed by atoms with E-state index in [1.54, 1.807) is 0 Å². The number of hydrogen-bond donors (Lipinski definition) is 0. The van der Waals surface area contributed by atoms with E-state index in [1.807, 2.05) is 6.92 Å². The third-order valence-corrected chi connectivity index (χ3v) is 3.11. The van der Waals surface area contributed by atoms with Crippen molar-refractivity contribution < 1.29 is 18.9 Å². The number of hydrogen-bond acceptors (Lipinski definition) is 6. The van der Waals surface area contributed by atoms with E-state index in [0.29, 0.717) is 6.42 Å². The van der Waals surface area contributed by atoms with E-state index in [2.05, 4.69) is 0 Å². The Kier molecular flexibility index (Phi) is 4.88. The van der Waals surface area contributed by atoms with E-state index in [0.717, 1.165) is 18.9 Å². The van der Waals surface area contributed by atoms with Gasteiger partial charge in [-0.25, -0.2) is 4.79 Å². The lowest BCUT2D eigenvalue weighted by molar-refractivity contribution is -0.383. The first-order valence-corrected chi connectivity index (χ1v) is 6.93. The number of carbonyl (C=O) groups excluding carboxylic acids is 1. The number of nitro groups is 1. The van der Waals surface area contributed by atoms with Gasteiger partial charge in [0.2, 0.25) is 11.3 Å². The molecule has 0 fully saturated rings. The fourth-order valence-electron chi connectivity index (χ4n) is 1.99. The Morgan fingerprint density at radius 2 is 2.14 bits per heavy atom. The summed E-state index contributed by atoms with van der Waals surface area (Å²) in [4.78, 5) is 34.1. The Labute approximate surface area is 125 Å². The van der Waals surface area contributed by atoms with Crippen LogP contribution in [0.5, 0.6) is 0 Å². The second-order valence-corrected chi connectivity index (χ2v) is 4.73. The van der Waals surface area contributed by atoms with Gasteiger partial charge in [0.05, 0.1) is 16.9 Å². The summed E-state index contributed by atoms with van der Waals surface area (Å²) in [5.41, 5.74) is -1.11. The standard InChI is InChI=1S/C15H15NO6/c1-2-3-4-8-21-15(18)13-9-12(17)10-6-5-7-11(16(19)20)14(10)22-13/h5-7,9H,2-4,8H2,1H3. The van der Waals surface area contributed by atoms with Gasteiger partial charge < -0.3 is 9.15 Å². The van der Waals surface area contributed by atoms with Crippen molar-refractivity contribution in [1.82, 2.24) is 0 Å². The van der Waals surface area contributed by atoms with Gasteiger partial charge in [-0.2, -0.15) is 0 Å². The summed E-state index contributed by atoms with van der Waals surface area (Å²) in [6.45, 7) is 2.23. The van der Waals surface area contributed by atoms with Crippen LogP contribution in [0.4, 0.5) is 5.69 Å². The van der Waals surface area contributed by atoms with Gasteiger partial charge in [0, 0.05) is 12.1 Å². The molecular weight excluding hydrogens is 290 g/mol. The highest BCUT2D eigenvalue weighted by Gasteiger charge is 2.20. The lowest BCUT2D eigenvalue weighted by atomic mass is 10.2. The highest BCUT2D eigenvalue weighted by Crippen LogP contribution is 2.24. The van der Waals surface area contributed by atoms with Gasteiger partial charge in [0.25, 0.3) is 0 Å². The number of unbranched alkanes of at least 4 members (excludes halogenated alkanes) is 2. The first-order chi connectivity index (χ1) is 10.5. The molecule has 0 spiro atoms. The smallest absolute Gasteiger partial charge is 0.374 e. The van der Waals surface area contributed by atoms with Gasteiger partial charge in [0.1, 0.15) is 0 Å². The molecule has 0 saturated carbocycles. The van der Waals surface area contributed by atoms with Gasteiger partial charge in [-0.15, -0.1) is 0 Å². The maximum absolute atomic E-state index is 12.0. The van der Waals surface area contributed by atoms with Crippen molar-refractivity contribution in [3.8, 4) is 0 Å². The lowest BCUT2D eigenvalue weighted by Gasteiger charge is -2.04. The predicted molar refractivity (Wildman–Crippen MR) is 78.9 cm³/mol. The fraction of sp³-hybridized carbons (Fsp3) is 0.333. The zero-order valence-corrected chi connectivity index (χ0v) is 12.0. The third-order valence-electron chi connectivity index (χ3n) is 3.11. The molecule has 22 heavy (non-hydrogen) atoms. The van der Waals surface area contributed by atoms with Crippen LogP contribution in [0.1, 0.15) is 36.7 Å². The topological polar surface area (TPSA) is 99.7 Å². The van der Waals surface area contributed by atoms with E-state index >= 15 is 0 Å². The number of para-hydroxylation sites is 1. The minimum absolute atomic E-state index is 0.0525. The van der Waals surface area contributed by atoms with Crippen LogP contribution in [0.3, 0.4) is 0 Å². The molecule has 1 aromatic carbocycles. The predicted octanol–water partition coefficient (Wildman–Crippen LogP) is 3.05. The van der Waals surface area contributed by atoms with Crippen molar-refractivity contribution in [3.63, 3.8) is 0 Å². The molecule has 0 amide bonds. The second kappa shape index (κ2) is 6.84. The maximum Gasteiger partial charge on any atom is 0.374 e. The molecule has 2 aromatic rings. The van der Waals surface area contributed by atoms with E-state index in [9.17, 15) is 19.7 Å². The van der Waals surface area contributed by atoms with Crippen molar-refractivity contribution in [2.24, 2.45) is 0 Å². The molecule has 0 radical (unpaired) electrons. The number of fused-ring (bicyclic) bond motifs is 1. The first kappa shape index (κ1) is 15.7. The lowest BCUT2D eigenvalue weighted by Crippen LogP contribution is -2.11. The van der Waals surface area contributed by atoms with Crippen LogP contribution in [0.15, 0.2) is 33.5 Å². The van der Waals surface area contributed by atoms with Crippen molar-refractivity contribution in [2.75, 3.05) is 6.61 Å². The molecule has 0 unspecified atom stereocenters. The van der Waals surface area contributed by atoms with Gasteiger partial charge >= 0.3 is 11.7 Å². The average molecular weight is 305 g/mol. The Morgan fingerprint density at radius 1 is 1.36 bits per heavy atom. The van der Waals surface area contributed by atoms with Gasteiger partial charge in [-0.1, -0.05) is 25.8 Å². The Hall–Kier alpha value is -2.70. The van der Waals surface area contributed by atoms with E-state index in [-0.39, 0.29) is 29.0 Å². The molecule has 1 heterocycles. The quantitative estimate of drug-likeness (QED) is 0.352. The minimum Gasteiger partial charge on any atom is -0.460 e. The summed E-state index contributed by atoms with van der Waals surface area (Å²) in [6.07, 6.45) is 2.61. The molecule has 116 valence electrons. The number of esters is 1. The Balaban J connectivity index is 2.36. The molecule has 0 bridgehead atoms. The van der Waals surface area contributed by atoms with Crippen LogP contribution in [0.2, 0.25) is 0 Å². The number of nitro benzene ring substituents is 1. The number of carbonyl (C=O) groups is 1. The highest BCUT2D eigenvalue weighted by molar-refractivity contribution is 5.91. The van der Waals surface area contributed by atoms with Crippen LogP contribution >= 0.6 is 0 Å². The largest absolute Gasteiger partial charge is 0.460 e. The fourth-order valence-corrected chi connectivity index (χ4v) is 1.99. The summed E-state index contributed by atoms with van der Waals surface area (Å²) >= 11 is 0. The van der Waals surface area contributed by atoms with Crippen LogP contribution in [-0.4, -0.2) is 17.5 Å². The molecule has 7 heteroatoms. The zero-order chi connectivity index (χ0) is 16.1. The summed E-state index contributed by atoms with van der Waals surface area (Å²) in [7, 11) is 0. The number of benzene rings is 1. The van der Waals surface area contributed by atoms with E-state index in [4.69, 9.17) is 9.15 Å². The minimum atomic E-state index is -0.798. The second-order valence-electron chi connectivity index (χ2n) is 4.73. The molecule has 0 saturated heterocycles. The monoisotopic (exact) mass is 305 g/mol. The number of non-ortho nitro benzene ring substituents is 1. The van der Waals surface area contributed by atoms with Gasteiger partial charge in [-0.3, -0.25) is 14.9 Å². The van der Waals surface area contributed by atoms with Crippen LogP contribution in [0.25, 0.3) is 11.0 Å². The van der Waals surface area contributed by atoms with E-state index < -0.39 is 16.3 Å². The Morgan fingerprint density at radius 3 is 2.82 bits per heavy atom. The normalized spacial score (nSPS) is 10.6. The Bertz CT molecular complexity index is 764. The number of rotatable bonds is 6. The third kappa shape index (κ3) is 3.30. The van der Waals surface area contributed by atoms with Crippen molar-refractivity contribution >= 4 is 22.6 Å². The molecule has 0 aliphatic rings. The summed E-state index contributed by atoms with van der Waals surface area (Å²) in [6, 6.07) is 5.00. The van der Waals surface area contributed by atoms with Gasteiger partial charge in [-0.05, 0) is 12.5 Å². The zero-order valence-electron chi connectivity index (χ0n) is 12.0. The van der Waals surface area contributed by atoms with Crippen LogP contribution in [0, 0.1) is 10.1 Å². The molecule has 7 nitrogen and oxygen atoms in total. The van der Waals surface area contributed by atoms with E-state index in [1.165, 1.54) is 18.2 Å². The molecular formula is C15H15NO6. The molecule has 0 aliphatic carbocycles. The first-order valence-electron chi connectivity index (χ1n) is 6.93. The highest BCUT2D eigenvalue weighted by atomic mass is 16.6. The number of nitrogens with zero attached hydrogens (tertiary/aromatic N) is 1. The number of ether oxygens (including phenoxy) is 1. The maximum atomic E-state index is 12.0. The summed E-state index contributed by atoms with van der Waals surface area (Å²) < 4.78 is 10.2.